The van der Waals surface area contributed by atoms with Crippen molar-refractivity contribution < 1.29 is 9.59 Å². The van der Waals surface area contributed by atoms with E-state index in [2.05, 4.69) is 15.7 Å². The first-order valence-electron chi connectivity index (χ1n) is 9.01. The third-order valence-electron chi connectivity index (χ3n) is 4.63. The smallest absolute Gasteiger partial charge is 0.314 e. The van der Waals surface area contributed by atoms with Gasteiger partial charge in [0.25, 0.3) is 0 Å². The van der Waals surface area contributed by atoms with Crippen LogP contribution < -0.4 is 10.6 Å². The Labute approximate surface area is 167 Å². The van der Waals surface area contributed by atoms with Gasteiger partial charge in [0, 0.05) is 23.6 Å². The minimum absolute atomic E-state index is 0.304. The lowest BCUT2D eigenvalue weighted by molar-refractivity contribution is -0.136. The van der Waals surface area contributed by atoms with Crippen molar-refractivity contribution in [2.45, 2.75) is 25.0 Å². The number of carbonyl (C=O) groups excluding carboxylic acids is 2. The Morgan fingerprint density at radius 3 is 2.57 bits per heavy atom. The molecule has 7 heteroatoms. The van der Waals surface area contributed by atoms with Crippen LogP contribution in [0.4, 0.5) is 5.82 Å². The average molecular weight is 392 g/mol. The van der Waals surface area contributed by atoms with Crippen molar-refractivity contribution in [2.75, 3.05) is 5.32 Å². The topological polar surface area (TPSA) is 76.0 Å². The molecule has 0 unspecified atom stereocenters. The van der Waals surface area contributed by atoms with Crippen LogP contribution in [0.2, 0.25) is 0 Å². The third kappa shape index (κ3) is 3.66. The Hall–Kier alpha value is -3.06. The Kier molecular flexibility index (Phi) is 5.16. The number of aromatic nitrogens is 2. The summed E-state index contributed by atoms with van der Waals surface area (Å²) < 4.78 is 1.74. The van der Waals surface area contributed by atoms with E-state index in [-0.39, 0.29) is 0 Å². The van der Waals surface area contributed by atoms with Gasteiger partial charge in [0.05, 0.1) is 11.4 Å². The summed E-state index contributed by atoms with van der Waals surface area (Å²) in [6.07, 6.45) is 0. The van der Waals surface area contributed by atoms with Gasteiger partial charge in [-0.15, -0.1) is 0 Å². The molecule has 28 heavy (non-hydrogen) atoms. The summed E-state index contributed by atoms with van der Waals surface area (Å²) in [6, 6.07) is 17.3. The SMILES string of the molecule is Cc1ccccc1-n1nc2c(c1NC(=O)C(=O)NCc1ccccc1)CSC2. The zero-order valence-corrected chi connectivity index (χ0v) is 16.3. The molecule has 0 radical (unpaired) electrons. The molecule has 0 fully saturated rings. The summed E-state index contributed by atoms with van der Waals surface area (Å²) in [5.41, 5.74) is 4.80. The summed E-state index contributed by atoms with van der Waals surface area (Å²) in [4.78, 5) is 24.8. The molecule has 0 atom stereocenters. The summed E-state index contributed by atoms with van der Waals surface area (Å²) in [5.74, 6) is 0.792. The molecule has 142 valence electrons. The summed E-state index contributed by atoms with van der Waals surface area (Å²) in [5, 5.41) is 10.1. The molecule has 2 aromatic carbocycles. The fourth-order valence-corrected chi connectivity index (χ4v) is 4.17. The molecule has 2 amide bonds. The molecular formula is C21H20N4O2S. The van der Waals surface area contributed by atoms with Gasteiger partial charge >= 0.3 is 11.8 Å². The molecule has 0 spiro atoms. The maximum atomic E-state index is 12.5. The first-order valence-corrected chi connectivity index (χ1v) is 10.2. The van der Waals surface area contributed by atoms with Crippen molar-refractivity contribution in [3.05, 3.63) is 77.0 Å². The van der Waals surface area contributed by atoms with Crippen molar-refractivity contribution in [1.29, 1.82) is 0 Å². The van der Waals surface area contributed by atoms with Crippen molar-refractivity contribution >= 4 is 29.4 Å². The van der Waals surface area contributed by atoms with Crippen LogP contribution in [-0.4, -0.2) is 21.6 Å². The molecule has 1 aliphatic heterocycles. The van der Waals surface area contributed by atoms with E-state index in [4.69, 9.17) is 0 Å². The van der Waals surface area contributed by atoms with Crippen LogP contribution in [0, 0.1) is 6.92 Å². The minimum Gasteiger partial charge on any atom is -0.344 e. The Balaban J connectivity index is 1.55. The summed E-state index contributed by atoms with van der Waals surface area (Å²) in [7, 11) is 0. The number of amides is 2. The number of nitrogens with zero attached hydrogens (tertiary/aromatic N) is 2. The standard InChI is InChI=1S/C21H20N4O2S/c1-14-7-5-6-10-18(14)25-19(16-12-28-13-17(16)24-25)23-21(27)20(26)22-11-15-8-3-2-4-9-15/h2-10H,11-13H2,1H3,(H,22,26)(H,23,27). The number of para-hydroxylation sites is 1. The van der Waals surface area contributed by atoms with E-state index in [1.54, 1.807) is 16.4 Å². The Morgan fingerprint density at radius 2 is 1.79 bits per heavy atom. The second-order valence-electron chi connectivity index (χ2n) is 6.59. The quantitative estimate of drug-likeness (QED) is 0.669. The van der Waals surface area contributed by atoms with E-state index in [9.17, 15) is 9.59 Å². The monoisotopic (exact) mass is 392 g/mol. The fraction of sp³-hybridized carbons (Fsp3) is 0.190. The normalized spacial score (nSPS) is 12.5. The number of anilines is 1. The van der Waals surface area contributed by atoms with Gasteiger partial charge in [0.15, 0.2) is 0 Å². The van der Waals surface area contributed by atoms with E-state index < -0.39 is 11.8 Å². The average Bonchev–Trinajstić information content (AvgIpc) is 3.30. The molecule has 4 rings (SSSR count). The van der Waals surface area contributed by atoms with Gasteiger partial charge in [0.1, 0.15) is 5.82 Å². The predicted octanol–water partition coefficient (Wildman–Crippen LogP) is 3.18. The van der Waals surface area contributed by atoms with Gasteiger partial charge in [-0.1, -0.05) is 48.5 Å². The first kappa shape index (κ1) is 18.3. The van der Waals surface area contributed by atoms with Gasteiger partial charge in [-0.2, -0.15) is 16.9 Å². The third-order valence-corrected chi connectivity index (χ3v) is 5.60. The second-order valence-corrected chi connectivity index (χ2v) is 7.57. The molecular weight excluding hydrogens is 372 g/mol. The number of thioether (sulfide) groups is 1. The second kappa shape index (κ2) is 7.90. The molecule has 3 aromatic rings. The summed E-state index contributed by atoms with van der Waals surface area (Å²) in [6.45, 7) is 2.30. The number of rotatable bonds is 4. The highest BCUT2D eigenvalue weighted by Gasteiger charge is 2.26. The maximum Gasteiger partial charge on any atom is 0.314 e. The molecule has 6 nitrogen and oxygen atoms in total. The van der Waals surface area contributed by atoms with Crippen LogP contribution in [0.15, 0.2) is 54.6 Å². The van der Waals surface area contributed by atoms with Crippen LogP contribution in [0.3, 0.4) is 0 Å². The Morgan fingerprint density at radius 1 is 1.04 bits per heavy atom. The van der Waals surface area contributed by atoms with Gasteiger partial charge in [-0.25, -0.2) is 4.68 Å². The molecule has 2 heterocycles. The Bertz CT molecular complexity index is 1030. The largest absolute Gasteiger partial charge is 0.344 e. The maximum absolute atomic E-state index is 12.5. The number of hydrogen-bond donors (Lipinski definition) is 2. The number of benzene rings is 2. The minimum atomic E-state index is -0.689. The number of hydrogen-bond acceptors (Lipinski definition) is 4. The van der Waals surface area contributed by atoms with Gasteiger partial charge < -0.3 is 10.6 Å². The molecule has 0 bridgehead atoms. The summed E-state index contributed by atoms with van der Waals surface area (Å²) >= 11 is 1.75. The first-order chi connectivity index (χ1) is 13.6. The van der Waals surface area contributed by atoms with E-state index in [1.807, 2.05) is 61.5 Å². The van der Waals surface area contributed by atoms with Gasteiger partial charge in [0.2, 0.25) is 0 Å². The van der Waals surface area contributed by atoms with Crippen molar-refractivity contribution in [3.8, 4) is 5.69 Å². The molecule has 0 saturated heterocycles. The van der Waals surface area contributed by atoms with Crippen molar-refractivity contribution in [3.63, 3.8) is 0 Å². The number of fused-ring (bicyclic) bond motifs is 1. The van der Waals surface area contributed by atoms with E-state index in [0.29, 0.717) is 12.4 Å². The molecule has 1 aromatic heterocycles. The highest BCUT2D eigenvalue weighted by Crippen LogP contribution is 2.36. The number of aryl methyl sites for hydroxylation is 1. The van der Waals surface area contributed by atoms with Crippen LogP contribution in [0.1, 0.15) is 22.4 Å². The van der Waals surface area contributed by atoms with Gasteiger partial charge in [-0.3, -0.25) is 9.59 Å². The van der Waals surface area contributed by atoms with E-state index in [1.165, 1.54) is 0 Å². The van der Waals surface area contributed by atoms with Crippen LogP contribution in [-0.2, 0) is 27.6 Å². The lowest BCUT2D eigenvalue weighted by atomic mass is 10.2. The molecule has 0 aliphatic carbocycles. The van der Waals surface area contributed by atoms with Crippen molar-refractivity contribution in [1.82, 2.24) is 15.1 Å². The van der Waals surface area contributed by atoms with E-state index >= 15 is 0 Å². The molecule has 0 saturated carbocycles. The lowest BCUT2D eigenvalue weighted by Gasteiger charge is -2.13. The fourth-order valence-electron chi connectivity index (χ4n) is 3.14. The highest BCUT2D eigenvalue weighted by molar-refractivity contribution is 7.98. The van der Waals surface area contributed by atoms with E-state index in [0.717, 1.165) is 39.6 Å². The van der Waals surface area contributed by atoms with Crippen molar-refractivity contribution in [2.24, 2.45) is 0 Å². The number of carbonyl (C=O) groups is 2. The number of nitrogens with one attached hydrogen (secondary N) is 2. The predicted molar refractivity (Wildman–Crippen MR) is 110 cm³/mol. The zero-order chi connectivity index (χ0) is 19.5. The molecule has 1 aliphatic rings. The highest BCUT2D eigenvalue weighted by atomic mass is 32.2. The lowest BCUT2D eigenvalue weighted by Crippen LogP contribution is -2.35. The van der Waals surface area contributed by atoms with Gasteiger partial charge in [-0.05, 0) is 24.1 Å². The van der Waals surface area contributed by atoms with Crippen LogP contribution in [0.25, 0.3) is 5.69 Å². The van der Waals surface area contributed by atoms with Crippen LogP contribution in [0.5, 0.6) is 0 Å². The molecule has 2 N–H and O–H groups in total. The zero-order valence-electron chi connectivity index (χ0n) is 15.4. The van der Waals surface area contributed by atoms with Crippen LogP contribution >= 0.6 is 11.8 Å².